The highest BCUT2D eigenvalue weighted by atomic mass is 32.2. The summed E-state index contributed by atoms with van der Waals surface area (Å²) < 4.78 is 5.06. The second kappa shape index (κ2) is 11.3. The maximum atomic E-state index is 10.6. The average molecular weight is 375 g/mol. The van der Waals surface area contributed by atoms with Crippen LogP contribution in [0.4, 0.5) is 0 Å². The van der Waals surface area contributed by atoms with Gasteiger partial charge in [-0.05, 0) is 33.2 Å². The molecule has 1 heterocycles. The maximum absolute atomic E-state index is 10.6. The molecule has 0 bridgehead atoms. The minimum absolute atomic E-state index is 0.294. The van der Waals surface area contributed by atoms with Crippen LogP contribution < -0.4 is 10.6 Å². The van der Waals surface area contributed by atoms with Crippen molar-refractivity contribution in [3.05, 3.63) is 44.0 Å². The van der Waals surface area contributed by atoms with E-state index < -0.39 is 4.92 Å². The van der Waals surface area contributed by atoms with E-state index >= 15 is 0 Å². The molecule has 7 nitrogen and oxygen atoms in total. The first-order chi connectivity index (χ1) is 11.4. The SMILES string of the molecule is COC(C)N/C(=C\[N+](=O)[O-])NCCSCc1ccc(CN(C)C)s1. The zero-order valence-corrected chi connectivity index (χ0v) is 16.2. The Balaban J connectivity index is 2.30. The number of thiophene rings is 1. The Labute approximate surface area is 151 Å². The standard InChI is InChI=1S/C15H26N4O3S2/c1-12(22-4)17-15(10-19(20)21)16-7-8-23-11-14-6-5-13(24-14)9-18(2)3/h5-6,10,12,16-17H,7-9,11H2,1-4H3/b15-10-. The van der Waals surface area contributed by atoms with Crippen LogP contribution in [-0.4, -0.2) is 49.6 Å². The minimum Gasteiger partial charge on any atom is -0.366 e. The van der Waals surface area contributed by atoms with Crippen LogP contribution in [0.5, 0.6) is 0 Å². The van der Waals surface area contributed by atoms with Crippen molar-refractivity contribution in [2.45, 2.75) is 25.4 Å². The lowest BCUT2D eigenvalue weighted by atomic mass is 10.4. The van der Waals surface area contributed by atoms with Crippen molar-refractivity contribution in [3.8, 4) is 0 Å². The predicted molar refractivity (Wildman–Crippen MR) is 101 cm³/mol. The van der Waals surface area contributed by atoms with E-state index in [0.29, 0.717) is 12.4 Å². The molecular formula is C15H26N4O3S2. The van der Waals surface area contributed by atoms with Gasteiger partial charge in [-0.15, -0.1) is 11.3 Å². The lowest BCUT2D eigenvalue weighted by Gasteiger charge is -2.16. The van der Waals surface area contributed by atoms with Crippen LogP contribution in [0.3, 0.4) is 0 Å². The van der Waals surface area contributed by atoms with E-state index in [-0.39, 0.29) is 6.23 Å². The second-order valence-corrected chi connectivity index (χ2v) is 7.79. The summed E-state index contributed by atoms with van der Waals surface area (Å²) in [6.45, 7) is 3.39. The van der Waals surface area contributed by atoms with Gasteiger partial charge < -0.3 is 20.3 Å². The van der Waals surface area contributed by atoms with Gasteiger partial charge in [-0.25, -0.2) is 0 Å². The molecule has 0 spiro atoms. The lowest BCUT2D eigenvalue weighted by Crippen LogP contribution is -2.35. The molecule has 0 radical (unpaired) electrons. The van der Waals surface area contributed by atoms with Crippen LogP contribution in [0.2, 0.25) is 0 Å². The molecule has 0 saturated heterocycles. The summed E-state index contributed by atoms with van der Waals surface area (Å²) >= 11 is 3.64. The Hall–Kier alpha value is -1.29. The fourth-order valence-electron chi connectivity index (χ4n) is 1.84. The fourth-order valence-corrected chi connectivity index (χ4v) is 3.95. The quantitative estimate of drug-likeness (QED) is 0.251. The second-order valence-electron chi connectivity index (χ2n) is 5.44. The average Bonchev–Trinajstić information content (AvgIpc) is 2.92. The molecule has 136 valence electrons. The molecule has 0 aliphatic heterocycles. The lowest BCUT2D eigenvalue weighted by molar-refractivity contribution is -0.404. The van der Waals surface area contributed by atoms with Crippen LogP contribution in [0.1, 0.15) is 16.7 Å². The predicted octanol–water partition coefficient (Wildman–Crippen LogP) is 2.29. The van der Waals surface area contributed by atoms with Gasteiger partial charge in [-0.3, -0.25) is 10.1 Å². The monoisotopic (exact) mass is 374 g/mol. The molecule has 1 atom stereocenters. The van der Waals surface area contributed by atoms with Gasteiger partial charge in [0.2, 0.25) is 0 Å². The molecule has 0 amide bonds. The highest BCUT2D eigenvalue weighted by molar-refractivity contribution is 7.98. The Morgan fingerprint density at radius 2 is 2.21 bits per heavy atom. The van der Waals surface area contributed by atoms with Gasteiger partial charge in [0.15, 0.2) is 5.82 Å². The number of hydrogen-bond acceptors (Lipinski definition) is 8. The van der Waals surface area contributed by atoms with Crippen LogP contribution in [-0.2, 0) is 17.0 Å². The van der Waals surface area contributed by atoms with E-state index in [4.69, 9.17) is 4.74 Å². The molecule has 2 N–H and O–H groups in total. The highest BCUT2D eigenvalue weighted by Crippen LogP contribution is 2.22. The maximum Gasteiger partial charge on any atom is 0.274 e. The Morgan fingerprint density at radius 1 is 1.50 bits per heavy atom. The van der Waals surface area contributed by atoms with Gasteiger partial charge in [0.05, 0.1) is 4.92 Å². The largest absolute Gasteiger partial charge is 0.366 e. The van der Waals surface area contributed by atoms with Crippen molar-refractivity contribution in [1.29, 1.82) is 0 Å². The molecular weight excluding hydrogens is 348 g/mol. The molecule has 9 heteroatoms. The number of methoxy groups -OCH3 is 1. The molecule has 0 aliphatic carbocycles. The Bertz CT molecular complexity index is 535. The van der Waals surface area contributed by atoms with E-state index in [1.54, 1.807) is 25.8 Å². The number of nitrogens with one attached hydrogen (secondary N) is 2. The smallest absolute Gasteiger partial charge is 0.274 e. The summed E-state index contributed by atoms with van der Waals surface area (Å²) in [7, 11) is 5.67. The number of ether oxygens (including phenoxy) is 1. The number of rotatable bonds is 12. The zero-order valence-electron chi connectivity index (χ0n) is 14.6. The Morgan fingerprint density at radius 3 is 2.83 bits per heavy atom. The van der Waals surface area contributed by atoms with Crippen LogP contribution in [0, 0.1) is 10.1 Å². The van der Waals surface area contributed by atoms with Crippen molar-refractivity contribution >= 4 is 23.1 Å². The number of nitrogens with zero attached hydrogens (tertiary/aromatic N) is 2. The van der Waals surface area contributed by atoms with Crippen molar-refractivity contribution in [3.63, 3.8) is 0 Å². The molecule has 24 heavy (non-hydrogen) atoms. The summed E-state index contributed by atoms with van der Waals surface area (Å²) in [6, 6.07) is 4.34. The van der Waals surface area contributed by atoms with Crippen molar-refractivity contribution in [2.24, 2.45) is 0 Å². The first kappa shape index (κ1) is 20.8. The molecule has 0 fully saturated rings. The molecule has 1 unspecified atom stereocenters. The van der Waals surface area contributed by atoms with E-state index in [2.05, 4.69) is 41.8 Å². The first-order valence-corrected chi connectivity index (χ1v) is 9.56. The normalized spacial score (nSPS) is 13.1. The third-order valence-electron chi connectivity index (χ3n) is 2.94. The van der Waals surface area contributed by atoms with Crippen molar-refractivity contribution in [1.82, 2.24) is 15.5 Å². The highest BCUT2D eigenvalue weighted by Gasteiger charge is 2.07. The van der Waals surface area contributed by atoms with Crippen molar-refractivity contribution < 1.29 is 9.66 Å². The summed E-state index contributed by atoms with van der Waals surface area (Å²) in [6.07, 6.45) is 0.630. The van der Waals surface area contributed by atoms with E-state index in [1.807, 2.05) is 11.3 Å². The third-order valence-corrected chi connectivity index (χ3v) is 5.20. The fraction of sp³-hybridized carbons (Fsp3) is 0.600. The third kappa shape index (κ3) is 9.11. The van der Waals surface area contributed by atoms with Crippen molar-refractivity contribution in [2.75, 3.05) is 33.5 Å². The molecule has 0 aromatic carbocycles. The van der Waals surface area contributed by atoms with E-state index in [0.717, 1.165) is 24.3 Å². The summed E-state index contributed by atoms with van der Waals surface area (Å²) in [5, 5.41) is 16.6. The molecule has 1 rings (SSSR count). The van der Waals surface area contributed by atoms with Crippen LogP contribution in [0.15, 0.2) is 24.2 Å². The summed E-state index contributed by atoms with van der Waals surface area (Å²) in [4.78, 5) is 15.0. The van der Waals surface area contributed by atoms with Gasteiger partial charge >= 0.3 is 0 Å². The van der Waals surface area contributed by atoms with Gasteiger partial charge in [-0.1, -0.05) is 0 Å². The van der Waals surface area contributed by atoms with Gasteiger partial charge in [0, 0.05) is 41.5 Å². The number of nitro groups is 1. The van der Waals surface area contributed by atoms with Crippen LogP contribution in [0.25, 0.3) is 0 Å². The van der Waals surface area contributed by atoms with E-state index in [9.17, 15) is 10.1 Å². The zero-order chi connectivity index (χ0) is 17.9. The molecule has 1 aromatic rings. The van der Waals surface area contributed by atoms with Gasteiger partial charge in [0.25, 0.3) is 6.20 Å². The molecule has 0 saturated carbocycles. The first-order valence-electron chi connectivity index (χ1n) is 7.59. The topological polar surface area (TPSA) is 79.7 Å². The van der Waals surface area contributed by atoms with Crippen LogP contribution >= 0.6 is 23.1 Å². The number of thioether (sulfide) groups is 1. The van der Waals surface area contributed by atoms with Gasteiger partial charge in [0.1, 0.15) is 6.23 Å². The van der Waals surface area contributed by atoms with Gasteiger partial charge in [-0.2, -0.15) is 11.8 Å². The summed E-state index contributed by atoms with van der Waals surface area (Å²) in [5.41, 5.74) is 0. The van der Waals surface area contributed by atoms with E-state index in [1.165, 1.54) is 9.75 Å². The summed E-state index contributed by atoms with van der Waals surface area (Å²) in [5.74, 6) is 2.17. The molecule has 0 aliphatic rings. The minimum atomic E-state index is -0.483. The Kier molecular flexibility index (Phi) is 9.77. The number of hydrogen-bond donors (Lipinski definition) is 2. The molecule has 1 aromatic heterocycles.